The Morgan fingerprint density at radius 3 is 0.480 bits per heavy atom. The van der Waals surface area contributed by atoms with Crippen LogP contribution >= 0.6 is 0 Å². The molecule has 0 aliphatic heterocycles. The molecule has 25 heavy (non-hydrogen) atoms. The van der Waals surface area contributed by atoms with Crippen LogP contribution < -0.4 is 0 Å². The fourth-order valence-electron chi connectivity index (χ4n) is 3.62. The Bertz CT molecular complexity index is 211. The quantitative estimate of drug-likeness (QED) is 0.366. The van der Waals surface area contributed by atoms with Gasteiger partial charge >= 0.3 is 0 Å². The van der Waals surface area contributed by atoms with Gasteiger partial charge < -0.3 is 20.4 Å². The van der Waals surface area contributed by atoms with Gasteiger partial charge in [-0.25, -0.2) is 0 Å². The smallest absolute Gasteiger partial charge is 0.0540 e. The predicted molar refractivity (Wildman–Crippen MR) is 97.9 cm³/mol. The number of hydrogen-bond donors (Lipinski definition) is 4. The average Bonchev–Trinajstić information content (AvgIpc) is 3.31. The number of rotatable bonds is 0. The summed E-state index contributed by atoms with van der Waals surface area (Å²) in [5.41, 5.74) is 0. The molecule has 0 amide bonds. The molecule has 0 radical (unpaired) electrons. The van der Waals surface area contributed by atoms with Crippen molar-refractivity contribution >= 4 is 0 Å². The van der Waals surface area contributed by atoms with Crippen molar-refractivity contribution in [3.05, 3.63) is 0 Å². The van der Waals surface area contributed by atoms with Gasteiger partial charge in [0.15, 0.2) is 0 Å². The maximum Gasteiger partial charge on any atom is 0.0540 e. The molecule has 0 spiro atoms. The molecule has 4 N–H and O–H groups in total. The summed E-state index contributed by atoms with van der Waals surface area (Å²) >= 11 is 0. The maximum absolute atomic E-state index is 8.73. The Kier molecular flexibility index (Phi) is 17.3. The van der Waals surface area contributed by atoms with Gasteiger partial charge in [-0.1, -0.05) is 51.4 Å². The van der Waals surface area contributed by atoms with Gasteiger partial charge in [0.2, 0.25) is 0 Å². The second-order valence-corrected chi connectivity index (χ2v) is 7.75. The van der Waals surface area contributed by atoms with Gasteiger partial charge in [0.05, 0.1) is 24.4 Å². The van der Waals surface area contributed by atoms with Gasteiger partial charge in [0, 0.05) is 25.8 Å². The zero-order valence-corrected chi connectivity index (χ0v) is 19.5. The third kappa shape index (κ3) is 15.5. The van der Waals surface area contributed by atoms with E-state index in [1.807, 2.05) is 0 Å². The minimum absolute atomic E-state index is 0. The molecule has 4 fully saturated rings. The van der Waals surface area contributed by atoms with Crippen LogP contribution in [0.3, 0.4) is 0 Å². The molecule has 4 aliphatic carbocycles. The third-order valence-corrected chi connectivity index (χ3v) is 5.30. The van der Waals surface area contributed by atoms with Gasteiger partial charge in [-0.3, -0.25) is 0 Å². The van der Waals surface area contributed by atoms with Crippen molar-refractivity contribution in [3.63, 3.8) is 0 Å². The molecule has 4 rings (SSSR count). The molecular formula is C20H40HfO4. The first kappa shape index (κ1) is 25.7. The van der Waals surface area contributed by atoms with E-state index in [9.17, 15) is 0 Å². The molecule has 4 nitrogen and oxygen atoms in total. The van der Waals surface area contributed by atoms with E-state index >= 15 is 0 Å². The Morgan fingerprint density at radius 2 is 0.440 bits per heavy atom. The first-order valence-electron chi connectivity index (χ1n) is 10.3. The van der Waals surface area contributed by atoms with Gasteiger partial charge in [-0.2, -0.15) is 0 Å². The van der Waals surface area contributed by atoms with E-state index in [-0.39, 0.29) is 50.3 Å². The monoisotopic (exact) mass is 524 g/mol. The average molecular weight is 523 g/mol. The number of aliphatic hydroxyl groups excluding tert-OH is 4. The Hall–Kier alpha value is 0.710. The van der Waals surface area contributed by atoms with Crippen LogP contribution in [-0.4, -0.2) is 44.8 Å². The van der Waals surface area contributed by atoms with Crippen molar-refractivity contribution in [1.82, 2.24) is 0 Å². The normalized spacial score (nSPS) is 24.5. The van der Waals surface area contributed by atoms with Gasteiger partial charge in [0.1, 0.15) is 0 Å². The van der Waals surface area contributed by atoms with E-state index in [1.165, 1.54) is 51.4 Å². The third-order valence-electron chi connectivity index (χ3n) is 5.30. The molecule has 5 heteroatoms. The minimum Gasteiger partial charge on any atom is -0.393 e. The second-order valence-electron chi connectivity index (χ2n) is 7.75. The van der Waals surface area contributed by atoms with Crippen LogP contribution in [0.1, 0.15) is 103 Å². The van der Waals surface area contributed by atoms with Crippen molar-refractivity contribution in [1.29, 1.82) is 0 Å². The number of hydrogen-bond acceptors (Lipinski definition) is 4. The van der Waals surface area contributed by atoms with E-state index in [0.717, 1.165) is 51.4 Å². The molecule has 148 valence electrons. The van der Waals surface area contributed by atoms with Gasteiger partial charge in [0.25, 0.3) is 0 Å². The van der Waals surface area contributed by atoms with E-state index in [2.05, 4.69) is 0 Å². The van der Waals surface area contributed by atoms with Crippen molar-refractivity contribution in [3.8, 4) is 0 Å². The summed E-state index contributed by atoms with van der Waals surface area (Å²) in [6, 6.07) is 0. The molecule has 0 bridgehead atoms. The molecule has 0 saturated heterocycles. The van der Waals surface area contributed by atoms with Crippen molar-refractivity contribution < 1.29 is 46.3 Å². The van der Waals surface area contributed by atoms with Crippen LogP contribution in [0, 0.1) is 0 Å². The van der Waals surface area contributed by atoms with Crippen LogP contribution in [0.25, 0.3) is 0 Å². The van der Waals surface area contributed by atoms with Crippen molar-refractivity contribution in [2.45, 2.75) is 127 Å². The Morgan fingerprint density at radius 1 is 0.320 bits per heavy atom. The topological polar surface area (TPSA) is 80.9 Å². The molecule has 0 unspecified atom stereocenters. The van der Waals surface area contributed by atoms with Crippen LogP contribution in [0.4, 0.5) is 0 Å². The fraction of sp³-hybridized carbons (Fsp3) is 1.00. The summed E-state index contributed by atoms with van der Waals surface area (Å²) in [4.78, 5) is 0. The summed E-state index contributed by atoms with van der Waals surface area (Å²) in [6.07, 6.45) is 18.4. The van der Waals surface area contributed by atoms with E-state index in [0.29, 0.717) is 0 Å². The van der Waals surface area contributed by atoms with E-state index < -0.39 is 0 Å². The van der Waals surface area contributed by atoms with E-state index in [4.69, 9.17) is 20.4 Å². The first-order chi connectivity index (χ1) is 11.6. The molecular weight excluding hydrogens is 483 g/mol. The molecule has 0 aromatic carbocycles. The van der Waals surface area contributed by atoms with E-state index in [1.54, 1.807) is 0 Å². The summed E-state index contributed by atoms with van der Waals surface area (Å²) in [7, 11) is 0. The molecule has 0 aromatic rings. The fourth-order valence-corrected chi connectivity index (χ4v) is 3.62. The zero-order valence-electron chi connectivity index (χ0n) is 15.9. The van der Waals surface area contributed by atoms with Crippen LogP contribution in [0.15, 0.2) is 0 Å². The molecule has 0 heterocycles. The molecule has 4 saturated carbocycles. The molecule has 4 aliphatic rings. The van der Waals surface area contributed by atoms with Crippen molar-refractivity contribution in [2.75, 3.05) is 0 Å². The second kappa shape index (κ2) is 16.9. The van der Waals surface area contributed by atoms with Gasteiger partial charge in [-0.15, -0.1) is 0 Å². The van der Waals surface area contributed by atoms with Crippen LogP contribution in [-0.2, 0) is 25.8 Å². The summed E-state index contributed by atoms with van der Waals surface area (Å²) in [5.74, 6) is 0. The zero-order chi connectivity index (χ0) is 17.6. The minimum atomic E-state index is 0. The largest absolute Gasteiger partial charge is 0.393 e. The van der Waals surface area contributed by atoms with Crippen LogP contribution in [0.5, 0.6) is 0 Å². The standard InChI is InChI=1S/4C5H10O.Hf/c4*6-5-3-1-2-4-5;/h4*5-6H,1-4H2;. The Balaban J connectivity index is 0.000000303. The first-order valence-corrected chi connectivity index (χ1v) is 10.3. The predicted octanol–water partition coefficient (Wildman–Crippen LogP) is 3.68. The number of aliphatic hydroxyl groups is 4. The van der Waals surface area contributed by atoms with Gasteiger partial charge in [-0.05, 0) is 51.4 Å². The van der Waals surface area contributed by atoms with Crippen molar-refractivity contribution in [2.24, 2.45) is 0 Å². The van der Waals surface area contributed by atoms with Crippen LogP contribution in [0.2, 0.25) is 0 Å². The molecule has 0 atom stereocenters. The summed E-state index contributed by atoms with van der Waals surface area (Å²) in [5, 5.41) is 34.9. The maximum atomic E-state index is 8.73. The summed E-state index contributed by atoms with van der Waals surface area (Å²) in [6.45, 7) is 0. The Labute approximate surface area is 173 Å². The summed E-state index contributed by atoms with van der Waals surface area (Å²) < 4.78 is 0. The molecule has 0 aromatic heterocycles. The SMILES string of the molecule is OC1CCCC1.OC1CCCC1.OC1CCCC1.OC1CCCC1.[Hf].